The molecule has 1 aromatic rings. The maximum absolute atomic E-state index is 14.1. The van der Waals surface area contributed by atoms with Crippen LogP contribution in [0.15, 0.2) is 30.3 Å². The summed E-state index contributed by atoms with van der Waals surface area (Å²) in [5.41, 5.74) is 6.16. The van der Waals surface area contributed by atoms with Crippen LogP contribution in [-0.2, 0) is 34.9 Å². The average molecular weight is 625 g/mol. The third kappa shape index (κ3) is 8.32. The highest BCUT2D eigenvalue weighted by molar-refractivity contribution is 6.47. The lowest BCUT2D eigenvalue weighted by Crippen LogP contribution is -2.65. The van der Waals surface area contributed by atoms with E-state index in [1.54, 1.807) is 0 Å². The van der Waals surface area contributed by atoms with Crippen molar-refractivity contribution in [3.63, 3.8) is 0 Å². The normalized spacial score (nSPS) is 26.5. The second-order valence-corrected chi connectivity index (χ2v) is 14.0. The summed E-state index contributed by atoms with van der Waals surface area (Å²) in [6.45, 7) is 7.99. The maximum Gasteiger partial charge on any atom is 0.481 e. The summed E-state index contributed by atoms with van der Waals surface area (Å²) in [6.07, 6.45) is 4.08. The van der Waals surface area contributed by atoms with Gasteiger partial charge in [-0.1, -0.05) is 50.6 Å². The molecule has 45 heavy (non-hydrogen) atoms. The number of carbonyl (C=O) groups excluding carboxylic acids is 3. The number of nitrogens with one attached hydrogen (secondary N) is 3. The number of nitrogens with two attached hydrogens (primary N) is 1. The third-order valence-electron chi connectivity index (χ3n) is 10.4. The molecule has 11 nitrogen and oxygen atoms in total. The molecule has 7 atom stereocenters. The summed E-state index contributed by atoms with van der Waals surface area (Å²) in [5.74, 6) is -2.46. The first kappa shape index (κ1) is 34.6. The van der Waals surface area contributed by atoms with Crippen molar-refractivity contribution in [1.29, 1.82) is 5.41 Å². The number of Topliss-reactive ketones (excluding diaryl/α,β-unsaturated/α-hetero) is 1. The van der Waals surface area contributed by atoms with Gasteiger partial charge in [-0.3, -0.25) is 24.6 Å². The van der Waals surface area contributed by atoms with Crippen LogP contribution in [0.2, 0.25) is 0 Å². The highest BCUT2D eigenvalue weighted by Gasteiger charge is 2.68. The van der Waals surface area contributed by atoms with Gasteiger partial charge < -0.3 is 30.8 Å². The molecule has 5 rings (SSSR count). The molecule has 4 aliphatic rings. The molecule has 1 saturated heterocycles. The van der Waals surface area contributed by atoms with Gasteiger partial charge in [0.25, 0.3) is 0 Å². The molecule has 1 aromatic carbocycles. The summed E-state index contributed by atoms with van der Waals surface area (Å²) >= 11 is 0. The standard InChI is InChI=1S/C33H49BN4O7/c1-20(39)37-24(14-15-30(41)42)25(40)17-22(16-21-10-6-5-7-11-21)31(43)38-28(12-8-9-13-29(35)36)34-44-27-19-23-18-26(32(23,2)3)33(27,4)45-34/h5-7,10-11,22-24,26-28H,8-9,12-19H2,1-4H3,(H3,35,36)(H,37,39)(H,38,43)(H,41,42)/t22-,23+,24+,26+,27?,28+,33+/m1/s1. The molecule has 6 N–H and O–H groups in total. The SMILES string of the molecule is CC(=O)N[C@@H](CCC(=O)O)C(=O)C[C@@H](Cc1ccccc1)C(=O)N[C@@H](CCCCC(=N)N)B1OC2C[C@@H]3C[C@@H](C3(C)C)[C@]2(C)O1. The van der Waals surface area contributed by atoms with Crippen LogP contribution >= 0.6 is 0 Å². The van der Waals surface area contributed by atoms with Crippen LogP contribution in [0.1, 0.15) is 91.0 Å². The molecule has 246 valence electrons. The molecule has 12 heteroatoms. The molecular weight excluding hydrogens is 575 g/mol. The van der Waals surface area contributed by atoms with Crippen molar-refractivity contribution in [3.05, 3.63) is 35.9 Å². The van der Waals surface area contributed by atoms with Gasteiger partial charge in [0.2, 0.25) is 11.8 Å². The van der Waals surface area contributed by atoms with Crippen molar-refractivity contribution in [1.82, 2.24) is 10.6 Å². The third-order valence-corrected chi connectivity index (χ3v) is 10.4. The average Bonchev–Trinajstić information content (AvgIpc) is 3.33. The Morgan fingerprint density at radius 3 is 2.40 bits per heavy atom. The summed E-state index contributed by atoms with van der Waals surface area (Å²) in [4.78, 5) is 50.6. The Balaban J connectivity index is 1.53. The molecule has 1 unspecified atom stereocenters. The van der Waals surface area contributed by atoms with Gasteiger partial charge in [0.15, 0.2) is 5.78 Å². The first-order valence-corrected chi connectivity index (χ1v) is 16.2. The summed E-state index contributed by atoms with van der Waals surface area (Å²) in [5, 5.41) is 22.5. The van der Waals surface area contributed by atoms with E-state index >= 15 is 0 Å². The minimum Gasteiger partial charge on any atom is -0.481 e. The number of ketones is 1. The largest absolute Gasteiger partial charge is 0.481 e. The van der Waals surface area contributed by atoms with Crippen LogP contribution < -0.4 is 16.4 Å². The van der Waals surface area contributed by atoms with Gasteiger partial charge in [-0.25, -0.2) is 0 Å². The summed E-state index contributed by atoms with van der Waals surface area (Å²) in [6, 6.07) is 8.38. The van der Waals surface area contributed by atoms with Crippen LogP contribution in [0.3, 0.4) is 0 Å². The number of benzene rings is 1. The number of aliphatic carboxylic acids is 1. The minimum atomic E-state index is -1.07. The molecule has 3 aliphatic carbocycles. The number of unbranched alkanes of at least 4 members (excludes halogenated alkanes) is 1. The molecule has 0 spiro atoms. The van der Waals surface area contributed by atoms with Crippen molar-refractivity contribution in [2.75, 3.05) is 0 Å². The van der Waals surface area contributed by atoms with Gasteiger partial charge in [-0.2, -0.15) is 0 Å². The minimum absolute atomic E-state index is 0.0611. The Morgan fingerprint density at radius 1 is 1.07 bits per heavy atom. The Morgan fingerprint density at radius 2 is 1.78 bits per heavy atom. The van der Waals surface area contributed by atoms with Crippen molar-refractivity contribution < 1.29 is 33.6 Å². The predicted octanol–water partition coefficient (Wildman–Crippen LogP) is 3.42. The molecule has 3 saturated carbocycles. The van der Waals surface area contributed by atoms with Gasteiger partial charge >= 0.3 is 13.1 Å². The number of hydrogen-bond acceptors (Lipinski definition) is 7. The molecule has 0 radical (unpaired) electrons. The fourth-order valence-electron chi connectivity index (χ4n) is 7.70. The van der Waals surface area contributed by atoms with E-state index in [4.69, 9.17) is 20.5 Å². The number of carboxylic acids is 1. The number of hydrogen-bond donors (Lipinski definition) is 5. The van der Waals surface area contributed by atoms with Crippen LogP contribution in [0, 0.1) is 28.6 Å². The Hall–Kier alpha value is -3.25. The molecule has 2 bridgehead atoms. The fraction of sp³-hybridized carbons (Fsp3) is 0.667. The van der Waals surface area contributed by atoms with Crippen LogP contribution in [0.25, 0.3) is 0 Å². The van der Waals surface area contributed by atoms with Crippen LogP contribution in [0.5, 0.6) is 0 Å². The van der Waals surface area contributed by atoms with Gasteiger partial charge in [-0.05, 0) is 68.3 Å². The second-order valence-electron chi connectivity index (χ2n) is 14.0. The van der Waals surface area contributed by atoms with Gasteiger partial charge in [0, 0.05) is 32.1 Å². The molecule has 2 amide bonds. The first-order valence-electron chi connectivity index (χ1n) is 16.2. The zero-order chi connectivity index (χ0) is 32.9. The van der Waals surface area contributed by atoms with Crippen molar-refractivity contribution >= 4 is 36.5 Å². The highest BCUT2D eigenvalue weighted by Crippen LogP contribution is 2.65. The molecule has 1 aliphatic heterocycles. The number of carbonyl (C=O) groups is 4. The first-order chi connectivity index (χ1) is 21.2. The van der Waals surface area contributed by atoms with E-state index in [0.717, 1.165) is 18.4 Å². The molecule has 4 fully saturated rings. The van der Waals surface area contributed by atoms with E-state index in [-0.39, 0.29) is 48.9 Å². The molecule has 1 heterocycles. The predicted molar refractivity (Wildman–Crippen MR) is 170 cm³/mol. The quantitative estimate of drug-likeness (QED) is 0.0757. The molecular formula is C33H49BN4O7. The van der Waals surface area contributed by atoms with E-state index in [9.17, 15) is 24.3 Å². The van der Waals surface area contributed by atoms with Crippen LogP contribution in [0.4, 0.5) is 0 Å². The smallest absolute Gasteiger partial charge is 0.481 e. The number of rotatable bonds is 17. The lowest BCUT2D eigenvalue weighted by molar-refractivity contribution is -0.199. The van der Waals surface area contributed by atoms with Gasteiger partial charge in [-0.15, -0.1) is 0 Å². The zero-order valence-corrected chi connectivity index (χ0v) is 27.0. The van der Waals surface area contributed by atoms with E-state index in [2.05, 4.69) is 31.4 Å². The zero-order valence-electron chi connectivity index (χ0n) is 27.0. The van der Waals surface area contributed by atoms with E-state index in [1.165, 1.54) is 6.92 Å². The molecule has 0 aromatic heterocycles. The highest BCUT2D eigenvalue weighted by atomic mass is 16.7. The lowest BCUT2D eigenvalue weighted by atomic mass is 9.43. The Labute approximate surface area is 266 Å². The summed E-state index contributed by atoms with van der Waals surface area (Å²) < 4.78 is 13.3. The Bertz CT molecular complexity index is 1260. The lowest BCUT2D eigenvalue weighted by Gasteiger charge is -2.64. The number of amides is 2. The summed E-state index contributed by atoms with van der Waals surface area (Å²) in [7, 11) is -0.660. The van der Waals surface area contributed by atoms with Gasteiger partial charge in [0.1, 0.15) is 0 Å². The topological polar surface area (TPSA) is 181 Å². The Kier molecular flexibility index (Phi) is 11.1. The van der Waals surface area contributed by atoms with Crippen molar-refractivity contribution in [2.24, 2.45) is 28.9 Å². The van der Waals surface area contributed by atoms with Crippen LogP contribution in [-0.4, -0.2) is 65.3 Å². The monoisotopic (exact) mass is 624 g/mol. The fourth-order valence-corrected chi connectivity index (χ4v) is 7.70. The second kappa shape index (κ2) is 14.5. The number of carboxylic acid groups (broad SMARTS) is 1. The van der Waals surface area contributed by atoms with Crippen molar-refractivity contribution in [2.45, 2.75) is 116 Å². The van der Waals surface area contributed by atoms with Gasteiger partial charge in [0.05, 0.1) is 29.5 Å². The van der Waals surface area contributed by atoms with E-state index in [0.29, 0.717) is 37.5 Å². The van der Waals surface area contributed by atoms with E-state index < -0.39 is 48.3 Å². The number of amidine groups is 1. The van der Waals surface area contributed by atoms with E-state index in [1.807, 2.05) is 30.3 Å². The van der Waals surface area contributed by atoms with Crippen molar-refractivity contribution in [3.8, 4) is 0 Å². The maximum atomic E-state index is 14.1.